The van der Waals surface area contributed by atoms with E-state index in [1.54, 1.807) is 24.3 Å². The van der Waals surface area contributed by atoms with Gasteiger partial charge in [-0.05, 0) is 17.7 Å². The van der Waals surface area contributed by atoms with Gasteiger partial charge in [0.05, 0.1) is 10.9 Å². The summed E-state index contributed by atoms with van der Waals surface area (Å²) in [5.74, 6) is -0.217. The van der Waals surface area contributed by atoms with Gasteiger partial charge in [0.2, 0.25) is 0 Å². The van der Waals surface area contributed by atoms with Gasteiger partial charge in [-0.15, -0.1) is 0 Å². The number of fused-ring (bicyclic) bond motifs is 1. The second kappa shape index (κ2) is 4.85. The van der Waals surface area contributed by atoms with Gasteiger partial charge in [0.15, 0.2) is 0 Å². The van der Waals surface area contributed by atoms with E-state index in [0.717, 1.165) is 5.56 Å². The Morgan fingerprint density at radius 2 is 1.65 bits per heavy atom. The van der Waals surface area contributed by atoms with Crippen molar-refractivity contribution in [3.8, 4) is 5.75 Å². The Balaban J connectivity index is 2.24. The lowest BCUT2D eigenvalue weighted by Crippen LogP contribution is -2.12. The molecule has 1 atom stereocenters. The number of rotatable bonds is 2. The van der Waals surface area contributed by atoms with Crippen LogP contribution in [0.25, 0.3) is 11.0 Å². The summed E-state index contributed by atoms with van der Waals surface area (Å²) in [7, 11) is 0. The summed E-state index contributed by atoms with van der Waals surface area (Å²) in [6.07, 6.45) is 0. The summed E-state index contributed by atoms with van der Waals surface area (Å²) in [5.41, 5.74) is 1.18. The van der Waals surface area contributed by atoms with Crippen molar-refractivity contribution >= 4 is 11.0 Å². The van der Waals surface area contributed by atoms with Crippen LogP contribution in [-0.2, 0) is 0 Å². The molecule has 0 radical (unpaired) electrons. The Morgan fingerprint density at radius 3 is 2.40 bits per heavy atom. The maximum absolute atomic E-state index is 12.1. The van der Waals surface area contributed by atoms with E-state index >= 15 is 0 Å². The summed E-state index contributed by atoms with van der Waals surface area (Å²) in [6.45, 7) is 1.88. The van der Waals surface area contributed by atoms with Gasteiger partial charge in [0, 0.05) is 5.92 Å². The molecule has 0 aliphatic rings. The van der Waals surface area contributed by atoms with Crippen LogP contribution in [0.5, 0.6) is 5.75 Å². The minimum absolute atomic E-state index is 0.00760. The molecular weight excluding hydrogens is 252 g/mol. The Morgan fingerprint density at radius 1 is 1.00 bits per heavy atom. The van der Waals surface area contributed by atoms with Crippen LogP contribution in [-0.4, -0.2) is 5.11 Å². The fourth-order valence-electron chi connectivity index (χ4n) is 2.44. The van der Waals surface area contributed by atoms with Crippen molar-refractivity contribution in [2.24, 2.45) is 0 Å². The van der Waals surface area contributed by atoms with Gasteiger partial charge in [-0.2, -0.15) is 0 Å². The van der Waals surface area contributed by atoms with Crippen LogP contribution in [0, 0.1) is 0 Å². The molecule has 3 aromatic rings. The van der Waals surface area contributed by atoms with E-state index in [9.17, 15) is 9.90 Å². The van der Waals surface area contributed by atoms with Gasteiger partial charge in [0.25, 0.3) is 0 Å². The molecule has 1 aromatic heterocycles. The third-order valence-corrected chi connectivity index (χ3v) is 3.55. The first kappa shape index (κ1) is 12.5. The van der Waals surface area contributed by atoms with Crippen molar-refractivity contribution in [2.75, 3.05) is 0 Å². The van der Waals surface area contributed by atoms with Crippen LogP contribution in [0.2, 0.25) is 0 Å². The number of hydrogen-bond donors (Lipinski definition) is 1. The predicted molar refractivity (Wildman–Crippen MR) is 78.1 cm³/mol. The number of hydrogen-bond acceptors (Lipinski definition) is 3. The maximum atomic E-state index is 12.1. The van der Waals surface area contributed by atoms with Crippen molar-refractivity contribution in [2.45, 2.75) is 12.8 Å². The summed E-state index contributed by atoms with van der Waals surface area (Å²) in [5, 5.41) is 11.0. The first-order valence-electron chi connectivity index (χ1n) is 6.48. The quantitative estimate of drug-likeness (QED) is 0.720. The maximum Gasteiger partial charge on any atom is 0.343 e. The standard InChI is InChI=1S/C17H14O3/c1-11(12-7-3-2-4-8-12)15-16(18)13-9-5-6-10-14(13)20-17(15)19/h2-11,18H,1H3/t11-/m1/s1. The summed E-state index contributed by atoms with van der Waals surface area (Å²) in [6, 6.07) is 16.6. The molecule has 20 heavy (non-hydrogen) atoms. The topological polar surface area (TPSA) is 50.4 Å². The van der Waals surface area contributed by atoms with Gasteiger partial charge >= 0.3 is 5.63 Å². The second-order valence-electron chi connectivity index (χ2n) is 4.78. The van der Waals surface area contributed by atoms with Crippen molar-refractivity contribution in [3.05, 3.63) is 76.1 Å². The zero-order valence-corrected chi connectivity index (χ0v) is 11.0. The Bertz CT molecular complexity index is 803. The van der Waals surface area contributed by atoms with E-state index in [2.05, 4.69) is 0 Å². The number of benzene rings is 2. The minimum Gasteiger partial charge on any atom is -0.507 e. The molecule has 100 valence electrons. The van der Waals surface area contributed by atoms with E-state index < -0.39 is 5.63 Å². The lowest BCUT2D eigenvalue weighted by Gasteiger charge is -2.13. The zero-order chi connectivity index (χ0) is 14.1. The summed E-state index contributed by atoms with van der Waals surface area (Å²) in [4.78, 5) is 12.1. The SMILES string of the molecule is C[C@H](c1ccccc1)c1c(O)c2ccccc2oc1=O. The van der Waals surface area contributed by atoms with E-state index in [1.807, 2.05) is 37.3 Å². The Labute approximate surface area is 116 Å². The lowest BCUT2D eigenvalue weighted by molar-refractivity contribution is 0.453. The van der Waals surface area contributed by atoms with E-state index in [-0.39, 0.29) is 11.7 Å². The van der Waals surface area contributed by atoms with Crippen molar-refractivity contribution in [1.29, 1.82) is 0 Å². The van der Waals surface area contributed by atoms with Crippen LogP contribution in [0.15, 0.2) is 63.8 Å². The van der Waals surface area contributed by atoms with Crippen LogP contribution in [0.4, 0.5) is 0 Å². The van der Waals surface area contributed by atoms with Crippen LogP contribution < -0.4 is 5.63 Å². The van der Waals surface area contributed by atoms with E-state index in [0.29, 0.717) is 16.5 Å². The smallest absolute Gasteiger partial charge is 0.343 e. The molecule has 0 fully saturated rings. The number of aromatic hydroxyl groups is 1. The average Bonchev–Trinajstić information content (AvgIpc) is 2.48. The van der Waals surface area contributed by atoms with Crippen LogP contribution >= 0.6 is 0 Å². The highest BCUT2D eigenvalue weighted by Gasteiger charge is 2.20. The monoisotopic (exact) mass is 266 g/mol. The van der Waals surface area contributed by atoms with Crippen molar-refractivity contribution in [3.63, 3.8) is 0 Å². The van der Waals surface area contributed by atoms with E-state index in [1.165, 1.54) is 0 Å². The molecule has 1 N–H and O–H groups in total. The zero-order valence-electron chi connectivity index (χ0n) is 11.0. The van der Waals surface area contributed by atoms with Gasteiger partial charge in [0.1, 0.15) is 11.3 Å². The predicted octanol–water partition coefficient (Wildman–Crippen LogP) is 3.65. The van der Waals surface area contributed by atoms with Crippen LogP contribution in [0.1, 0.15) is 24.0 Å². The molecule has 0 bridgehead atoms. The van der Waals surface area contributed by atoms with Crippen molar-refractivity contribution in [1.82, 2.24) is 0 Å². The Hall–Kier alpha value is -2.55. The third-order valence-electron chi connectivity index (χ3n) is 3.55. The molecule has 0 saturated carbocycles. The van der Waals surface area contributed by atoms with Gasteiger partial charge in [-0.25, -0.2) is 4.79 Å². The minimum atomic E-state index is -0.488. The molecule has 0 aliphatic heterocycles. The van der Waals surface area contributed by atoms with E-state index in [4.69, 9.17) is 4.42 Å². The third kappa shape index (κ3) is 1.97. The molecule has 0 spiro atoms. The van der Waals surface area contributed by atoms with Gasteiger partial charge < -0.3 is 9.52 Å². The molecule has 1 heterocycles. The molecule has 3 nitrogen and oxygen atoms in total. The first-order valence-corrected chi connectivity index (χ1v) is 6.48. The highest BCUT2D eigenvalue weighted by atomic mass is 16.4. The molecule has 0 aliphatic carbocycles. The second-order valence-corrected chi connectivity index (χ2v) is 4.78. The molecule has 0 unspecified atom stereocenters. The first-order chi connectivity index (χ1) is 9.68. The Kier molecular flexibility index (Phi) is 3.03. The summed E-state index contributed by atoms with van der Waals surface area (Å²) >= 11 is 0. The van der Waals surface area contributed by atoms with Crippen molar-refractivity contribution < 1.29 is 9.52 Å². The highest BCUT2D eigenvalue weighted by Crippen LogP contribution is 2.33. The lowest BCUT2D eigenvalue weighted by atomic mass is 9.93. The molecule has 2 aromatic carbocycles. The van der Waals surface area contributed by atoms with Gasteiger partial charge in [-0.3, -0.25) is 0 Å². The fraction of sp³-hybridized carbons (Fsp3) is 0.118. The number of para-hydroxylation sites is 1. The largest absolute Gasteiger partial charge is 0.507 e. The highest BCUT2D eigenvalue weighted by molar-refractivity contribution is 5.84. The molecule has 3 rings (SSSR count). The molecular formula is C17H14O3. The van der Waals surface area contributed by atoms with Crippen LogP contribution in [0.3, 0.4) is 0 Å². The molecule has 0 amide bonds. The average molecular weight is 266 g/mol. The molecule has 0 saturated heterocycles. The fourth-order valence-corrected chi connectivity index (χ4v) is 2.44. The molecule has 3 heteroatoms. The van der Waals surface area contributed by atoms with Gasteiger partial charge in [-0.1, -0.05) is 49.4 Å². The normalized spacial score (nSPS) is 12.4. The summed E-state index contributed by atoms with van der Waals surface area (Å²) < 4.78 is 5.30.